The average Bonchev–Trinajstić information content (AvgIpc) is 2.67. The summed E-state index contributed by atoms with van der Waals surface area (Å²) in [6, 6.07) is 8.90. The second-order valence-electron chi connectivity index (χ2n) is 6.71. The van der Waals surface area contributed by atoms with E-state index in [1.807, 2.05) is 0 Å². The molecular formula is C19H20FNO7S2. The highest BCUT2D eigenvalue weighted by Gasteiger charge is 2.39. The number of halogens is 1. The fourth-order valence-corrected chi connectivity index (χ4v) is 4.60. The first-order chi connectivity index (χ1) is 13.9. The van der Waals surface area contributed by atoms with Gasteiger partial charge in [0.25, 0.3) is 0 Å². The van der Waals surface area contributed by atoms with Crippen molar-refractivity contribution in [2.45, 2.75) is 29.5 Å². The minimum Gasteiger partial charge on any atom is -0.481 e. The van der Waals surface area contributed by atoms with Crippen molar-refractivity contribution in [3.63, 3.8) is 0 Å². The molecule has 2 aromatic carbocycles. The summed E-state index contributed by atoms with van der Waals surface area (Å²) in [4.78, 5) is 22.2. The van der Waals surface area contributed by atoms with Crippen LogP contribution in [0.5, 0.6) is 11.5 Å². The van der Waals surface area contributed by atoms with Crippen LogP contribution in [0.4, 0.5) is 4.39 Å². The summed E-state index contributed by atoms with van der Waals surface area (Å²) < 4.78 is 44.6. The molecule has 8 nitrogen and oxygen atoms in total. The normalized spacial score (nSPS) is 12.9. The largest absolute Gasteiger partial charge is 0.481 e. The summed E-state index contributed by atoms with van der Waals surface area (Å²) in [5.74, 6) is -2.73. The lowest BCUT2D eigenvalue weighted by Gasteiger charge is -2.30. The molecular weight excluding hydrogens is 437 g/mol. The molecule has 30 heavy (non-hydrogen) atoms. The van der Waals surface area contributed by atoms with Gasteiger partial charge in [0, 0.05) is 4.75 Å². The number of rotatable bonds is 10. The Hall–Kier alpha value is -2.63. The fraction of sp³-hybridized carbons (Fsp3) is 0.263. The molecule has 0 saturated carbocycles. The predicted molar refractivity (Wildman–Crippen MR) is 109 cm³/mol. The van der Waals surface area contributed by atoms with Crippen molar-refractivity contribution in [3.05, 3.63) is 54.3 Å². The highest BCUT2D eigenvalue weighted by molar-refractivity contribution is 8.01. The topological polar surface area (TPSA) is 130 Å². The molecule has 0 heterocycles. The maximum Gasteiger partial charge on any atom is 0.323 e. The van der Waals surface area contributed by atoms with Gasteiger partial charge < -0.3 is 14.9 Å². The number of carboxylic acid groups (broad SMARTS) is 2. The molecule has 0 aliphatic rings. The first-order valence-corrected chi connectivity index (χ1v) is 11.0. The Morgan fingerprint density at radius 1 is 1.07 bits per heavy atom. The van der Waals surface area contributed by atoms with Gasteiger partial charge in [0.05, 0.1) is 10.6 Å². The van der Waals surface area contributed by atoms with Gasteiger partial charge in [-0.15, -0.1) is 11.8 Å². The lowest BCUT2D eigenvalue weighted by molar-refractivity contribution is -0.139. The van der Waals surface area contributed by atoms with E-state index in [9.17, 15) is 27.5 Å². The van der Waals surface area contributed by atoms with Crippen LogP contribution in [-0.4, -0.2) is 47.1 Å². The van der Waals surface area contributed by atoms with Crippen molar-refractivity contribution >= 4 is 33.7 Å². The highest BCUT2D eigenvalue weighted by atomic mass is 32.2. The number of hydrogen-bond donors (Lipinski definition) is 3. The van der Waals surface area contributed by atoms with E-state index in [0.29, 0.717) is 11.5 Å². The van der Waals surface area contributed by atoms with Crippen molar-refractivity contribution in [1.29, 1.82) is 0 Å². The van der Waals surface area contributed by atoms with Crippen LogP contribution in [0.1, 0.15) is 13.8 Å². The molecule has 162 valence electrons. The third-order valence-electron chi connectivity index (χ3n) is 3.97. The molecule has 2 aromatic rings. The summed E-state index contributed by atoms with van der Waals surface area (Å²) >= 11 is 0.810. The molecule has 11 heteroatoms. The van der Waals surface area contributed by atoms with Crippen molar-refractivity contribution in [1.82, 2.24) is 4.72 Å². The summed E-state index contributed by atoms with van der Waals surface area (Å²) in [7, 11) is -4.22. The van der Waals surface area contributed by atoms with Gasteiger partial charge >= 0.3 is 11.9 Å². The van der Waals surface area contributed by atoms with Crippen molar-refractivity contribution in [2.24, 2.45) is 0 Å². The molecule has 0 radical (unpaired) electrons. The summed E-state index contributed by atoms with van der Waals surface area (Å²) in [5, 5.41) is 18.3. The number of hydrogen-bond acceptors (Lipinski definition) is 6. The van der Waals surface area contributed by atoms with E-state index < -0.39 is 38.6 Å². The Morgan fingerprint density at radius 2 is 1.57 bits per heavy atom. The first kappa shape index (κ1) is 23.6. The Kier molecular flexibility index (Phi) is 7.45. The lowest BCUT2D eigenvalue weighted by Crippen LogP contribution is -2.52. The second kappa shape index (κ2) is 9.45. The van der Waals surface area contributed by atoms with E-state index in [4.69, 9.17) is 9.84 Å². The molecule has 0 bridgehead atoms. The molecule has 0 aromatic heterocycles. The maximum atomic E-state index is 12.9. The molecule has 0 amide bonds. The van der Waals surface area contributed by atoms with Crippen LogP contribution in [-0.2, 0) is 19.6 Å². The van der Waals surface area contributed by atoms with Gasteiger partial charge in [-0.1, -0.05) is 0 Å². The Bertz CT molecular complexity index is 1010. The number of aliphatic carboxylic acids is 2. The zero-order valence-corrected chi connectivity index (χ0v) is 17.7. The van der Waals surface area contributed by atoms with Gasteiger partial charge in [0.2, 0.25) is 10.0 Å². The van der Waals surface area contributed by atoms with Crippen molar-refractivity contribution < 1.29 is 37.3 Å². The third kappa shape index (κ3) is 6.44. The third-order valence-corrected chi connectivity index (χ3v) is 6.78. The summed E-state index contributed by atoms with van der Waals surface area (Å²) in [6.45, 7) is 2.89. The summed E-state index contributed by atoms with van der Waals surface area (Å²) in [6.07, 6.45) is 0. The molecule has 1 unspecified atom stereocenters. The van der Waals surface area contributed by atoms with Crippen LogP contribution in [0.15, 0.2) is 53.4 Å². The minimum absolute atomic E-state index is 0.195. The van der Waals surface area contributed by atoms with E-state index in [2.05, 4.69) is 4.72 Å². The standard InChI is InChI=1S/C19H20FNO7S2/c1-19(2,29-11-16(22)23)17(18(24)25)21-30(26,27)15-9-7-14(8-10-15)28-13-5-3-12(20)4-6-13/h3-10,17,21H,11H2,1-2H3,(H,22,23)(H,24,25). The average molecular weight is 458 g/mol. The predicted octanol–water partition coefficient (Wildman–Crippen LogP) is 2.95. The van der Waals surface area contributed by atoms with Crippen LogP contribution in [0.2, 0.25) is 0 Å². The Balaban J connectivity index is 2.17. The fourth-order valence-electron chi connectivity index (χ4n) is 2.37. The molecule has 0 aliphatic carbocycles. The summed E-state index contributed by atoms with van der Waals surface area (Å²) in [5.41, 5.74) is 0. The number of nitrogens with one attached hydrogen (secondary N) is 1. The number of thioether (sulfide) groups is 1. The molecule has 3 N–H and O–H groups in total. The smallest absolute Gasteiger partial charge is 0.323 e. The number of benzene rings is 2. The van der Waals surface area contributed by atoms with E-state index in [1.54, 1.807) is 0 Å². The van der Waals surface area contributed by atoms with Crippen LogP contribution in [0, 0.1) is 5.82 Å². The molecule has 0 aliphatic heterocycles. The van der Waals surface area contributed by atoms with Gasteiger partial charge in [0.15, 0.2) is 0 Å². The number of ether oxygens (including phenoxy) is 1. The van der Waals surface area contributed by atoms with Gasteiger partial charge in [0.1, 0.15) is 23.4 Å². The van der Waals surface area contributed by atoms with Crippen molar-refractivity contribution in [2.75, 3.05) is 5.75 Å². The molecule has 0 fully saturated rings. The zero-order chi connectivity index (χ0) is 22.5. The molecule has 1 atom stereocenters. The van der Waals surface area contributed by atoms with Crippen LogP contribution in [0.3, 0.4) is 0 Å². The second-order valence-corrected chi connectivity index (χ2v) is 10.0. The van der Waals surface area contributed by atoms with Gasteiger partial charge in [-0.3, -0.25) is 9.59 Å². The minimum atomic E-state index is -4.22. The van der Waals surface area contributed by atoms with E-state index >= 15 is 0 Å². The lowest BCUT2D eigenvalue weighted by atomic mass is 10.1. The van der Waals surface area contributed by atoms with Crippen LogP contribution in [0.25, 0.3) is 0 Å². The van der Waals surface area contributed by atoms with E-state index in [1.165, 1.54) is 62.4 Å². The molecule has 0 saturated heterocycles. The quantitative estimate of drug-likeness (QED) is 0.497. The van der Waals surface area contributed by atoms with E-state index in [-0.39, 0.29) is 10.6 Å². The van der Waals surface area contributed by atoms with Gasteiger partial charge in [-0.05, 0) is 62.4 Å². The SMILES string of the molecule is CC(C)(SCC(=O)O)C(NS(=O)(=O)c1ccc(Oc2ccc(F)cc2)cc1)C(=O)O. The zero-order valence-electron chi connectivity index (χ0n) is 16.0. The number of sulfonamides is 1. The monoisotopic (exact) mass is 457 g/mol. The van der Waals surface area contributed by atoms with Crippen LogP contribution >= 0.6 is 11.8 Å². The first-order valence-electron chi connectivity index (χ1n) is 8.55. The maximum absolute atomic E-state index is 12.9. The molecule has 0 spiro atoms. The number of carboxylic acids is 2. The Labute approximate surface area is 177 Å². The van der Waals surface area contributed by atoms with E-state index in [0.717, 1.165) is 11.8 Å². The number of carbonyl (C=O) groups is 2. The molecule has 2 rings (SSSR count). The van der Waals surface area contributed by atoms with Crippen LogP contribution < -0.4 is 9.46 Å². The van der Waals surface area contributed by atoms with Gasteiger partial charge in [-0.25, -0.2) is 12.8 Å². The highest BCUT2D eigenvalue weighted by Crippen LogP contribution is 2.30. The Morgan fingerprint density at radius 3 is 2.03 bits per heavy atom. The van der Waals surface area contributed by atoms with Crippen molar-refractivity contribution in [3.8, 4) is 11.5 Å². The van der Waals surface area contributed by atoms with Gasteiger partial charge in [-0.2, -0.15) is 4.72 Å².